The summed E-state index contributed by atoms with van der Waals surface area (Å²) in [7, 11) is 0. The molecule has 1 saturated heterocycles. The second kappa shape index (κ2) is 5.92. The van der Waals surface area contributed by atoms with Crippen molar-refractivity contribution < 1.29 is 0 Å². The highest BCUT2D eigenvalue weighted by Gasteiger charge is 2.30. The highest BCUT2D eigenvalue weighted by molar-refractivity contribution is 4.88. The van der Waals surface area contributed by atoms with Gasteiger partial charge in [-0.05, 0) is 58.8 Å². The predicted octanol–water partition coefficient (Wildman–Crippen LogP) is 3.42. The lowest BCUT2D eigenvalue weighted by molar-refractivity contribution is 0.0938. The van der Waals surface area contributed by atoms with Crippen LogP contribution in [0.2, 0.25) is 0 Å². The van der Waals surface area contributed by atoms with E-state index in [4.69, 9.17) is 0 Å². The van der Waals surface area contributed by atoms with Crippen LogP contribution in [-0.4, -0.2) is 35.6 Å². The average Bonchev–Trinajstić information content (AvgIpc) is 2.76. The molecule has 2 heteroatoms. The maximum absolute atomic E-state index is 3.93. The van der Waals surface area contributed by atoms with Gasteiger partial charge in [-0.15, -0.1) is 0 Å². The second-order valence-electron chi connectivity index (χ2n) is 7.38. The Hall–Kier alpha value is -0.0800. The van der Waals surface area contributed by atoms with Gasteiger partial charge in [0.1, 0.15) is 0 Å². The SMILES string of the molecule is CCC1CCC(NC2CCN(C(C)(C)C)CC2)C1. The van der Waals surface area contributed by atoms with Gasteiger partial charge < -0.3 is 5.32 Å². The van der Waals surface area contributed by atoms with Crippen LogP contribution < -0.4 is 5.32 Å². The molecule has 2 unspecified atom stereocenters. The minimum Gasteiger partial charge on any atom is -0.311 e. The molecule has 106 valence electrons. The summed E-state index contributed by atoms with van der Waals surface area (Å²) in [6.45, 7) is 11.9. The first-order valence-electron chi connectivity index (χ1n) is 8.00. The summed E-state index contributed by atoms with van der Waals surface area (Å²) in [5.41, 5.74) is 0.353. The largest absolute Gasteiger partial charge is 0.311 e. The van der Waals surface area contributed by atoms with Crippen molar-refractivity contribution in [3.05, 3.63) is 0 Å². The van der Waals surface area contributed by atoms with E-state index in [0.717, 1.165) is 18.0 Å². The Bertz CT molecular complexity index is 248. The molecule has 2 aliphatic rings. The number of rotatable bonds is 3. The van der Waals surface area contributed by atoms with Crippen molar-refractivity contribution >= 4 is 0 Å². The zero-order valence-electron chi connectivity index (χ0n) is 12.8. The molecule has 0 amide bonds. The first kappa shape index (κ1) is 14.3. The van der Waals surface area contributed by atoms with Crippen LogP contribution in [0.3, 0.4) is 0 Å². The van der Waals surface area contributed by atoms with Gasteiger partial charge in [-0.25, -0.2) is 0 Å². The van der Waals surface area contributed by atoms with E-state index in [2.05, 4.69) is 37.9 Å². The van der Waals surface area contributed by atoms with Gasteiger partial charge in [0.25, 0.3) is 0 Å². The highest BCUT2D eigenvalue weighted by atomic mass is 15.2. The fraction of sp³-hybridized carbons (Fsp3) is 1.00. The molecule has 1 saturated carbocycles. The van der Waals surface area contributed by atoms with Crippen molar-refractivity contribution in [3.8, 4) is 0 Å². The standard InChI is InChI=1S/C16H32N2/c1-5-13-6-7-15(12-13)17-14-8-10-18(11-9-14)16(2,3)4/h13-15,17H,5-12H2,1-4H3. The van der Waals surface area contributed by atoms with E-state index >= 15 is 0 Å². The van der Waals surface area contributed by atoms with Crippen molar-refractivity contribution in [3.63, 3.8) is 0 Å². The normalized spacial score (nSPS) is 32.0. The number of nitrogens with zero attached hydrogens (tertiary/aromatic N) is 1. The Morgan fingerprint density at radius 1 is 1.00 bits per heavy atom. The second-order valence-corrected chi connectivity index (χ2v) is 7.38. The number of nitrogens with one attached hydrogen (secondary N) is 1. The molecular formula is C16H32N2. The maximum Gasteiger partial charge on any atom is 0.0125 e. The van der Waals surface area contributed by atoms with Crippen molar-refractivity contribution in [1.82, 2.24) is 10.2 Å². The van der Waals surface area contributed by atoms with E-state index in [1.54, 1.807) is 0 Å². The monoisotopic (exact) mass is 252 g/mol. The van der Waals surface area contributed by atoms with Gasteiger partial charge in [-0.3, -0.25) is 4.90 Å². The molecule has 2 fully saturated rings. The van der Waals surface area contributed by atoms with Crippen molar-refractivity contribution in [2.24, 2.45) is 5.92 Å². The zero-order chi connectivity index (χ0) is 13.2. The number of hydrogen-bond acceptors (Lipinski definition) is 2. The minimum atomic E-state index is 0.353. The summed E-state index contributed by atoms with van der Waals surface area (Å²) in [5.74, 6) is 0.997. The fourth-order valence-electron chi connectivity index (χ4n) is 3.65. The third-order valence-electron chi connectivity index (χ3n) is 5.03. The Balaban J connectivity index is 1.71. The molecule has 1 N–H and O–H groups in total. The molecule has 0 aromatic rings. The molecule has 0 aromatic heterocycles. The molecule has 2 rings (SSSR count). The lowest BCUT2D eigenvalue weighted by atomic mass is 9.97. The third kappa shape index (κ3) is 3.71. The van der Waals surface area contributed by atoms with Gasteiger partial charge >= 0.3 is 0 Å². The molecule has 0 bridgehead atoms. The number of piperidine rings is 1. The van der Waals surface area contributed by atoms with E-state index in [1.165, 1.54) is 51.6 Å². The van der Waals surface area contributed by atoms with Crippen molar-refractivity contribution in [2.45, 2.75) is 83.8 Å². The van der Waals surface area contributed by atoms with Crippen LogP contribution in [-0.2, 0) is 0 Å². The van der Waals surface area contributed by atoms with Gasteiger partial charge in [0.15, 0.2) is 0 Å². The zero-order valence-corrected chi connectivity index (χ0v) is 12.8. The third-order valence-corrected chi connectivity index (χ3v) is 5.03. The van der Waals surface area contributed by atoms with E-state index in [-0.39, 0.29) is 0 Å². The van der Waals surface area contributed by atoms with E-state index in [9.17, 15) is 0 Å². The van der Waals surface area contributed by atoms with Crippen LogP contribution in [0.5, 0.6) is 0 Å². The summed E-state index contributed by atoms with van der Waals surface area (Å²) < 4.78 is 0. The summed E-state index contributed by atoms with van der Waals surface area (Å²) >= 11 is 0. The fourth-order valence-corrected chi connectivity index (χ4v) is 3.65. The average molecular weight is 252 g/mol. The van der Waals surface area contributed by atoms with E-state index in [0.29, 0.717) is 5.54 Å². The molecule has 0 radical (unpaired) electrons. The maximum atomic E-state index is 3.93. The molecule has 2 atom stereocenters. The van der Waals surface area contributed by atoms with Gasteiger partial charge in [-0.2, -0.15) is 0 Å². The predicted molar refractivity (Wildman–Crippen MR) is 78.9 cm³/mol. The topological polar surface area (TPSA) is 15.3 Å². The molecule has 1 heterocycles. The van der Waals surface area contributed by atoms with Crippen molar-refractivity contribution in [2.75, 3.05) is 13.1 Å². The molecule has 2 nitrogen and oxygen atoms in total. The van der Waals surface area contributed by atoms with Crippen LogP contribution in [0.4, 0.5) is 0 Å². The first-order valence-corrected chi connectivity index (χ1v) is 8.00. The molecule has 18 heavy (non-hydrogen) atoms. The van der Waals surface area contributed by atoms with Crippen LogP contribution in [0.15, 0.2) is 0 Å². The van der Waals surface area contributed by atoms with Gasteiger partial charge in [0.05, 0.1) is 0 Å². The summed E-state index contributed by atoms with van der Waals surface area (Å²) in [5, 5.41) is 3.93. The Labute approximate surface area is 114 Å². The summed E-state index contributed by atoms with van der Waals surface area (Å²) in [4.78, 5) is 2.63. The van der Waals surface area contributed by atoms with Gasteiger partial charge in [0, 0.05) is 30.7 Å². The van der Waals surface area contributed by atoms with Crippen LogP contribution in [0.1, 0.15) is 66.2 Å². The molecule has 0 aromatic carbocycles. The highest BCUT2D eigenvalue weighted by Crippen LogP contribution is 2.29. The first-order chi connectivity index (χ1) is 8.49. The minimum absolute atomic E-state index is 0.353. The van der Waals surface area contributed by atoms with Crippen LogP contribution in [0, 0.1) is 5.92 Å². The van der Waals surface area contributed by atoms with E-state index in [1.807, 2.05) is 0 Å². The summed E-state index contributed by atoms with van der Waals surface area (Å²) in [6.07, 6.45) is 8.35. The van der Waals surface area contributed by atoms with E-state index < -0.39 is 0 Å². The van der Waals surface area contributed by atoms with Crippen LogP contribution in [0.25, 0.3) is 0 Å². The Morgan fingerprint density at radius 3 is 2.17 bits per heavy atom. The Morgan fingerprint density at radius 2 is 1.67 bits per heavy atom. The lowest BCUT2D eigenvalue weighted by Crippen LogP contribution is -2.51. The van der Waals surface area contributed by atoms with Crippen LogP contribution >= 0.6 is 0 Å². The molecule has 1 aliphatic heterocycles. The van der Waals surface area contributed by atoms with Gasteiger partial charge in [0.2, 0.25) is 0 Å². The smallest absolute Gasteiger partial charge is 0.0125 e. The lowest BCUT2D eigenvalue weighted by Gasteiger charge is -2.41. The number of likely N-dealkylation sites (tertiary alicyclic amines) is 1. The van der Waals surface area contributed by atoms with Crippen molar-refractivity contribution in [1.29, 1.82) is 0 Å². The van der Waals surface area contributed by atoms with Gasteiger partial charge in [-0.1, -0.05) is 13.3 Å². The quantitative estimate of drug-likeness (QED) is 0.828. The Kier molecular flexibility index (Phi) is 4.71. The molecule has 1 aliphatic carbocycles. The molecule has 0 spiro atoms. The number of hydrogen-bond donors (Lipinski definition) is 1. The summed E-state index contributed by atoms with van der Waals surface area (Å²) in [6, 6.07) is 1.60. The molecular weight excluding hydrogens is 220 g/mol.